The zero-order valence-electron chi connectivity index (χ0n) is 17.4. The van der Waals surface area contributed by atoms with E-state index in [9.17, 15) is 9.90 Å². The molecule has 0 aromatic rings. The van der Waals surface area contributed by atoms with Gasteiger partial charge >= 0.3 is 0 Å². The molecule has 2 N–H and O–H groups in total. The van der Waals surface area contributed by atoms with Crippen LogP contribution in [0.5, 0.6) is 0 Å². The van der Waals surface area contributed by atoms with E-state index in [2.05, 4.69) is 24.1 Å². The molecule has 0 spiro atoms. The summed E-state index contributed by atoms with van der Waals surface area (Å²) in [5.74, 6) is -0.255. The van der Waals surface area contributed by atoms with Crippen molar-refractivity contribution in [2.45, 2.75) is 97.1 Å². The molecule has 0 aromatic heterocycles. The molecule has 0 fully saturated rings. The summed E-state index contributed by atoms with van der Waals surface area (Å²) in [6.07, 6.45) is 22.2. The number of amidine groups is 1. The van der Waals surface area contributed by atoms with Gasteiger partial charge in [-0.2, -0.15) is 0 Å². The van der Waals surface area contributed by atoms with Crippen LogP contribution in [0.15, 0.2) is 29.5 Å². The maximum absolute atomic E-state index is 11.1. The van der Waals surface area contributed by atoms with Crippen LogP contribution in [0.2, 0.25) is 0 Å². The van der Waals surface area contributed by atoms with Crippen LogP contribution in [0.25, 0.3) is 0 Å². The third-order valence-corrected chi connectivity index (χ3v) is 5.32. The zero-order valence-corrected chi connectivity index (χ0v) is 17.4. The first-order valence-corrected chi connectivity index (χ1v) is 10.8. The Balaban J connectivity index is 2.14. The second kappa shape index (κ2) is 13.7. The molecule has 0 amide bonds. The fourth-order valence-corrected chi connectivity index (χ4v) is 3.58. The third kappa shape index (κ3) is 8.85. The van der Waals surface area contributed by atoms with Crippen molar-refractivity contribution in [2.75, 3.05) is 6.54 Å². The number of allylic oxidation sites excluding steroid dienone is 2. The number of hydrogen-bond acceptors (Lipinski definition) is 4. The number of aliphatic imine (C=N–C) groups is 1. The standard InChI is InChI=1S/C22H39N3O2/c1-3-4-5-6-7-8-9-10-11-12-13-14-15-16-21-24-17-18-25(21,20(2)23)19-22(26)27/h10-11,17-18,20H,3-9,12-16,19,23H2,1-2H3/b11-10+. The predicted octanol–water partition coefficient (Wildman–Crippen LogP) is 4.00. The maximum Gasteiger partial charge on any atom is 0.209 e. The van der Waals surface area contributed by atoms with Crippen molar-refractivity contribution in [3.05, 3.63) is 24.6 Å². The molecule has 2 atom stereocenters. The van der Waals surface area contributed by atoms with Crippen LogP contribution in [-0.2, 0) is 4.79 Å². The molecule has 1 aliphatic heterocycles. The lowest BCUT2D eigenvalue weighted by Crippen LogP contribution is -2.60. The van der Waals surface area contributed by atoms with E-state index in [0.29, 0.717) is 0 Å². The molecule has 0 aliphatic carbocycles. The van der Waals surface area contributed by atoms with Crippen LogP contribution in [0.1, 0.15) is 90.9 Å². The average molecular weight is 378 g/mol. The Hall–Kier alpha value is -1.46. The Kier molecular flexibility index (Phi) is 11.9. The molecule has 0 bridgehead atoms. The predicted molar refractivity (Wildman–Crippen MR) is 111 cm³/mol. The van der Waals surface area contributed by atoms with Crippen LogP contribution in [0.4, 0.5) is 0 Å². The molecule has 5 nitrogen and oxygen atoms in total. The smallest absolute Gasteiger partial charge is 0.209 e. The summed E-state index contributed by atoms with van der Waals surface area (Å²) in [5, 5.41) is 11.1. The van der Waals surface area contributed by atoms with E-state index in [4.69, 9.17) is 5.73 Å². The van der Waals surface area contributed by atoms with Gasteiger partial charge < -0.3 is 9.90 Å². The maximum atomic E-state index is 11.1. The SMILES string of the molecule is CCCCCCCC/C=C/CCCCCC1=NC=C[N+]1(CC(=O)[O-])C(C)N. The minimum Gasteiger partial charge on any atom is -0.544 e. The van der Waals surface area contributed by atoms with E-state index >= 15 is 0 Å². The second-order valence-electron chi connectivity index (χ2n) is 7.67. The van der Waals surface area contributed by atoms with Crippen molar-refractivity contribution < 1.29 is 14.4 Å². The number of nitrogens with zero attached hydrogens (tertiary/aromatic N) is 2. The average Bonchev–Trinajstić information content (AvgIpc) is 3.02. The Labute approximate surface area is 165 Å². The lowest BCUT2D eigenvalue weighted by Gasteiger charge is -2.36. The molecule has 0 saturated heterocycles. The number of nitrogens with two attached hydrogens (primary N) is 1. The van der Waals surface area contributed by atoms with E-state index in [1.165, 1.54) is 44.9 Å². The molecule has 0 radical (unpaired) electrons. The molecule has 0 saturated carbocycles. The number of carboxylic acid groups (broad SMARTS) is 1. The Morgan fingerprint density at radius 1 is 1.11 bits per heavy atom. The number of unbranched alkanes of at least 4 members (excludes halogenated alkanes) is 9. The quantitative estimate of drug-likeness (QED) is 0.251. The number of quaternary nitrogens is 1. The first kappa shape index (κ1) is 23.6. The normalized spacial score (nSPS) is 20.3. The van der Waals surface area contributed by atoms with Crippen molar-refractivity contribution in [3.8, 4) is 0 Å². The highest BCUT2D eigenvalue weighted by molar-refractivity contribution is 5.81. The minimum absolute atomic E-state index is 0.0977. The second-order valence-corrected chi connectivity index (χ2v) is 7.67. The van der Waals surface area contributed by atoms with Crippen LogP contribution < -0.4 is 10.8 Å². The van der Waals surface area contributed by atoms with Crippen molar-refractivity contribution in [1.82, 2.24) is 0 Å². The Morgan fingerprint density at radius 3 is 2.30 bits per heavy atom. The highest BCUT2D eigenvalue weighted by Crippen LogP contribution is 2.23. The van der Waals surface area contributed by atoms with Gasteiger partial charge in [0.15, 0.2) is 0 Å². The summed E-state index contributed by atoms with van der Waals surface area (Å²) in [6, 6.07) is 0. The monoisotopic (exact) mass is 377 g/mol. The van der Waals surface area contributed by atoms with Crippen molar-refractivity contribution >= 4 is 11.8 Å². The fraction of sp³-hybridized carbons (Fsp3) is 0.727. The molecule has 1 rings (SSSR count). The van der Waals surface area contributed by atoms with Gasteiger partial charge in [0.2, 0.25) is 5.84 Å². The van der Waals surface area contributed by atoms with E-state index in [1.54, 1.807) is 12.4 Å². The third-order valence-electron chi connectivity index (χ3n) is 5.32. The van der Waals surface area contributed by atoms with Gasteiger partial charge in [-0.1, -0.05) is 57.6 Å². The number of rotatable bonds is 16. The lowest BCUT2D eigenvalue weighted by atomic mass is 10.1. The number of carboxylic acids is 1. The largest absolute Gasteiger partial charge is 0.544 e. The van der Waals surface area contributed by atoms with Crippen LogP contribution >= 0.6 is 0 Å². The molecule has 1 heterocycles. The summed E-state index contributed by atoms with van der Waals surface area (Å²) in [6.45, 7) is 3.93. The number of hydrogen-bond donors (Lipinski definition) is 1. The highest BCUT2D eigenvalue weighted by Gasteiger charge is 2.38. The summed E-state index contributed by atoms with van der Waals surface area (Å²) in [5.41, 5.74) is 6.06. The Morgan fingerprint density at radius 2 is 1.70 bits per heavy atom. The van der Waals surface area contributed by atoms with Gasteiger partial charge in [-0.25, -0.2) is 9.48 Å². The summed E-state index contributed by atoms with van der Waals surface area (Å²) >= 11 is 0. The van der Waals surface area contributed by atoms with E-state index in [-0.39, 0.29) is 17.2 Å². The van der Waals surface area contributed by atoms with Gasteiger partial charge in [0.05, 0.1) is 12.2 Å². The lowest BCUT2D eigenvalue weighted by molar-refractivity contribution is -0.808. The molecule has 27 heavy (non-hydrogen) atoms. The van der Waals surface area contributed by atoms with Gasteiger partial charge in [0.25, 0.3) is 0 Å². The fourth-order valence-electron chi connectivity index (χ4n) is 3.58. The summed E-state index contributed by atoms with van der Waals surface area (Å²) in [4.78, 5) is 15.5. The number of aliphatic carboxylic acids is 1. The van der Waals surface area contributed by atoms with Gasteiger partial charge in [-0.15, -0.1) is 0 Å². The van der Waals surface area contributed by atoms with Crippen LogP contribution in [0, 0.1) is 0 Å². The van der Waals surface area contributed by atoms with Gasteiger partial charge in [0, 0.05) is 13.3 Å². The topological polar surface area (TPSA) is 78.5 Å². The molecular formula is C22H39N3O2. The van der Waals surface area contributed by atoms with Crippen molar-refractivity contribution in [2.24, 2.45) is 10.7 Å². The molecule has 5 heteroatoms. The van der Waals surface area contributed by atoms with Crippen molar-refractivity contribution in [1.29, 1.82) is 0 Å². The summed E-state index contributed by atoms with van der Waals surface area (Å²) in [7, 11) is 0. The summed E-state index contributed by atoms with van der Waals surface area (Å²) < 4.78 is 0.0977. The number of carbonyl (C=O) groups is 1. The highest BCUT2D eigenvalue weighted by atomic mass is 16.4. The first-order chi connectivity index (χ1) is 13.0. The zero-order chi connectivity index (χ0) is 20.0. The Bertz CT molecular complexity index is 512. The van der Waals surface area contributed by atoms with Crippen LogP contribution in [-0.4, -0.2) is 29.0 Å². The van der Waals surface area contributed by atoms with Crippen molar-refractivity contribution in [3.63, 3.8) is 0 Å². The molecule has 1 aliphatic rings. The van der Waals surface area contributed by atoms with E-state index in [1.807, 2.05) is 6.92 Å². The van der Waals surface area contributed by atoms with Gasteiger partial charge in [-0.3, -0.25) is 5.73 Å². The molecule has 154 valence electrons. The van der Waals surface area contributed by atoms with Gasteiger partial charge in [-0.05, 0) is 32.1 Å². The van der Waals surface area contributed by atoms with E-state index in [0.717, 1.165) is 37.9 Å². The van der Waals surface area contributed by atoms with Gasteiger partial charge in [0.1, 0.15) is 18.9 Å². The molecule has 0 aromatic carbocycles. The molecule has 2 unspecified atom stereocenters. The number of carbonyl (C=O) groups excluding carboxylic acids is 1. The van der Waals surface area contributed by atoms with Crippen LogP contribution in [0.3, 0.4) is 0 Å². The van der Waals surface area contributed by atoms with E-state index < -0.39 is 5.97 Å². The first-order valence-electron chi connectivity index (χ1n) is 10.8. The molecular weight excluding hydrogens is 338 g/mol. The minimum atomic E-state index is -1.10.